The van der Waals surface area contributed by atoms with Crippen molar-refractivity contribution in [3.8, 4) is 0 Å². The van der Waals surface area contributed by atoms with Crippen LogP contribution in [0.5, 0.6) is 0 Å². The fraction of sp³-hybridized carbons (Fsp3) is 0.833. The van der Waals surface area contributed by atoms with Gasteiger partial charge in [-0.3, -0.25) is 9.59 Å². The fourth-order valence-electron chi connectivity index (χ4n) is 2.23. The Hall–Kier alpha value is -1.14. The Morgan fingerprint density at radius 2 is 2.28 bits per heavy atom. The first-order chi connectivity index (χ1) is 8.54. The molecule has 1 aliphatic heterocycles. The number of hydrogen-bond acceptors (Lipinski definition) is 4. The van der Waals surface area contributed by atoms with Gasteiger partial charge in [-0.2, -0.15) is 0 Å². The van der Waals surface area contributed by atoms with Crippen LogP contribution in [0.15, 0.2) is 0 Å². The molecule has 0 aromatic heterocycles. The number of methoxy groups -OCH3 is 1. The van der Waals surface area contributed by atoms with E-state index in [0.29, 0.717) is 6.54 Å². The van der Waals surface area contributed by atoms with E-state index in [1.165, 1.54) is 7.11 Å². The molecule has 1 saturated heterocycles. The molecule has 1 aliphatic rings. The monoisotopic (exact) mass is 258 g/mol. The Bertz CT molecular complexity index is 300. The van der Waals surface area contributed by atoms with Crippen molar-refractivity contribution in [3.63, 3.8) is 0 Å². The molecule has 2 atom stereocenters. The van der Waals surface area contributed by atoms with Gasteiger partial charge in [0.1, 0.15) is 0 Å². The van der Waals surface area contributed by atoms with Crippen molar-refractivity contribution in [2.24, 2.45) is 5.41 Å². The van der Waals surface area contributed by atoms with E-state index < -0.39 is 12.1 Å². The van der Waals surface area contributed by atoms with Crippen LogP contribution in [0.1, 0.15) is 26.2 Å². The summed E-state index contributed by atoms with van der Waals surface area (Å²) in [5.74, 6) is -0.939. The molecule has 0 saturated carbocycles. The van der Waals surface area contributed by atoms with Gasteiger partial charge in [0.05, 0.1) is 17.9 Å². The summed E-state index contributed by atoms with van der Waals surface area (Å²) in [7, 11) is 1.45. The van der Waals surface area contributed by atoms with Gasteiger partial charge in [-0.1, -0.05) is 6.92 Å². The van der Waals surface area contributed by atoms with E-state index in [1.54, 1.807) is 0 Å². The molecule has 1 heterocycles. The van der Waals surface area contributed by atoms with Crippen molar-refractivity contribution in [2.75, 3.05) is 26.7 Å². The molecule has 18 heavy (non-hydrogen) atoms. The maximum atomic E-state index is 12.2. The van der Waals surface area contributed by atoms with Gasteiger partial charge in [0.2, 0.25) is 5.91 Å². The molecule has 6 nitrogen and oxygen atoms in total. The lowest BCUT2D eigenvalue weighted by molar-refractivity contribution is -0.140. The van der Waals surface area contributed by atoms with E-state index in [9.17, 15) is 9.59 Å². The second-order valence-corrected chi connectivity index (χ2v) is 4.73. The summed E-state index contributed by atoms with van der Waals surface area (Å²) in [5, 5.41) is 14.7. The van der Waals surface area contributed by atoms with Crippen molar-refractivity contribution in [2.45, 2.75) is 32.3 Å². The minimum absolute atomic E-state index is 0.0116. The predicted molar refractivity (Wildman–Crippen MR) is 66.3 cm³/mol. The third-order valence-electron chi connectivity index (χ3n) is 3.63. The van der Waals surface area contributed by atoms with E-state index in [1.807, 2.05) is 6.92 Å². The molecular formula is C12H22N2O4. The molecule has 1 amide bonds. The number of hydrogen-bond donors (Lipinski definition) is 3. The minimum Gasteiger partial charge on any atom is -0.481 e. The normalized spacial score (nSPS) is 24.8. The van der Waals surface area contributed by atoms with E-state index in [4.69, 9.17) is 9.84 Å². The average molecular weight is 258 g/mol. The summed E-state index contributed by atoms with van der Waals surface area (Å²) < 4.78 is 5.03. The number of carbonyl (C=O) groups is 2. The summed E-state index contributed by atoms with van der Waals surface area (Å²) in [6.07, 6.45) is 1.03. The number of carboxylic acid groups (broad SMARTS) is 1. The molecule has 0 aromatic rings. The van der Waals surface area contributed by atoms with Crippen LogP contribution in [0, 0.1) is 5.41 Å². The van der Waals surface area contributed by atoms with Crippen LogP contribution in [-0.2, 0) is 14.3 Å². The second kappa shape index (κ2) is 6.70. The van der Waals surface area contributed by atoms with Gasteiger partial charge in [-0.15, -0.1) is 0 Å². The minimum atomic E-state index is -0.927. The van der Waals surface area contributed by atoms with Crippen LogP contribution >= 0.6 is 0 Å². The molecule has 104 valence electrons. The zero-order chi connectivity index (χ0) is 13.6. The molecule has 1 fully saturated rings. The van der Waals surface area contributed by atoms with Crippen LogP contribution in [0.3, 0.4) is 0 Å². The fourth-order valence-corrected chi connectivity index (χ4v) is 2.23. The Labute approximate surface area is 107 Å². The average Bonchev–Trinajstić information content (AvgIpc) is 2.83. The molecule has 6 heteroatoms. The summed E-state index contributed by atoms with van der Waals surface area (Å²) in [4.78, 5) is 22.7. The first-order valence-corrected chi connectivity index (χ1v) is 6.27. The highest BCUT2D eigenvalue weighted by molar-refractivity contribution is 5.83. The van der Waals surface area contributed by atoms with Gasteiger partial charge in [0.15, 0.2) is 0 Å². The Morgan fingerprint density at radius 3 is 2.72 bits per heavy atom. The number of nitrogens with one attached hydrogen (secondary N) is 2. The number of aliphatic carboxylic acids is 1. The highest BCUT2D eigenvalue weighted by Crippen LogP contribution is 2.29. The molecule has 0 bridgehead atoms. The lowest BCUT2D eigenvalue weighted by Crippen LogP contribution is -2.45. The van der Waals surface area contributed by atoms with Gasteiger partial charge in [-0.05, 0) is 19.4 Å². The second-order valence-electron chi connectivity index (χ2n) is 4.73. The number of amides is 1. The third-order valence-corrected chi connectivity index (χ3v) is 3.63. The highest BCUT2D eigenvalue weighted by Gasteiger charge is 2.39. The number of carboxylic acids is 1. The summed E-state index contributed by atoms with van der Waals surface area (Å²) in [6, 6.07) is 0. The zero-order valence-corrected chi connectivity index (χ0v) is 11.0. The molecular weight excluding hydrogens is 236 g/mol. The molecule has 0 aromatic carbocycles. The molecule has 0 spiro atoms. The van der Waals surface area contributed by atoms with Crippen LogP contribution in [0.25, 0.3) is 0 Å². The lowest BCUT2D eigenvalue weighted by atomic mass is 9.83. The predicted octanol–water partition coefficient (Wildman–Crippen LogP) is -0.0180. The van der Waals surface area contributed by atoms with Gasteiger partial charge >= 0.3 is 5.97 Å². The van der Waals surface area contributed by atoms with Gasteiger partial charge in [0.25, 0.3) is 0 Å². The van der Waals surface area contributed by atoms with E-state index in [0.717, 1.165) is 19.4 Å². The maximum absolute atomic E-state index is 12.2. The summed E-state index contributed by atoms with van der Waals surface area (Å²) >= 11 is 0. The molecule has 2 unspecified atom stereocenters. The summed E-state index contributed by atoms with van der Waals surface area (Å²) in [6.45, 7) is 3.77. The number of rotatable bonds is 7. The summed E-state index contributed by atoms with van der Waals surface area (Å²) in [5.41, 5.74) is -0.346. The van der Waals surface area contributed by atoms with Gasteiger partial charge < -0.3 is 20.5 Å². The first kappa shape index (κ1) is 14.9. The number of carbonyl (C=O) groups excluding carboxylic acids is 1. The highest BCUT2D eigenvalue weighted by atomic mass is 16.5. The maximum Gasteiger partial charge on any atom is 0.306 e. The largest absolute Gasteiger partial charge is 0.481 e. The van der Waals surface area contributed by atoms with Crippen LogP contribution in [-0.4, -0.2) is 49.8 Å². The van der Waals surface area contributed by atoms with Gasteiger partial charge in [-0.25, -0.2) is 0 Å². The van der Waals surface area contributed by atoms with Crippen molar-refractivity contribution in [1.29, 1.82) is 0 Å². The molecule has 0 aliphatic carbocycles. The Kier molecular flexibility index (Phi) is 5.55. The van der Waals surface area contributed by atoms with Crippen molar-refractivity contribution < 1.29 is 19.4 Å². The van der Waals surface area contributed by atoms with Crippen LogP contribution in [0.4, 0.5) is 0 Å². The molecule has 3 N–H and O–H groups in total. The smallest absolute Gasteiger partial charge is 0.306 e. The van der Waals surface area contributed by atoms with Crippen LogP contribution in [0.2, 0.25) is 0 Å². The van der Waals surface area contributed by atoms with Crippen molar-refractivity contribution in [1.82, 2.24) is 10.6 Å². The van der Waals surface area contributed by atoms with Crippen molar-refractivity contribution >= 4 is 11.9 Å². The van der Waals surface area contributed by atoms with Crippen molar-refractivity contribution in [3.05, 3.63) is 0 Å². The quantitative estimate of drug-likeness (QED) is 0.597. The topological polar surface area (TPSA) is 87.7 Å². The molecule has 0 radical (unpaired) electrons. The Balaban J connectivity index is 2.46. The standard InChI is InChI=1S/C12H22N2O4/c1-3-12(4-5-13-8-12)11(17)14-7-9(18-2)6-10(15)16/h9,13H,3-8H2,1-2H3,(H,14,17)(H,15,16). The van der Waals surface area contributed by atoms with Crippen LogP contribution < -0.4 is 10.6 Å². The van der Waals surface area contributed by atoms with E-state index in [2.05, 4.69) is 10.6 Å². The van der Waals surface area contributed by atoms with E-state index >= 15 is 0 Å². The van der Waals surface area contributed by atoms with Gasteiger partial charge in [0, 0.05) is 20.2 Å². The lowest BCUT2D eigenvalue weighted by Gasteiger charge is -2.26. The Morgan fingerprint density at radius 1 is 1.56 bits per heavy atom. The number of ether oxygens (including phenoxy) is 1. The molecule has 1 rings (SSSR count). The SMILES string of the molecule is CCC1(C(=O)NCC(CC(=O)O)OC)CCNC1. The third kappa shape index (κ3) is 3.68. The first-order valence-electron chi connectivity index (χ1n) is 6.27. The van der Waals surface area contributed by atoms with E-state index in [-0.39, 0.29) is 24.3 Å². The zero-order valence-electron chi connectivity index (χ0n) is 11.0.